The van der Waals surface area contributed by atoms with Gasteiger partial charge in [0, 0.05) is 0 Å². The van der Waals surface area contributed by atoms with Gasteiger partial charge in [0.2, 0.25) is 0 Å². The van der Waals surface area contributed by atoms with Crippen molar-refractivity contribution in [3.05, 3.63) is 60.7 Å². The molecule has 0 fully saturated rings. The SMILES string of the molecule is O=[N+]([O-])OC(O[N+](=O)[O-])[C@@H](O[N+](=O)[O-])[C@@H](O[N+](=O)[O-])[C@H](O[N+](=O)[O-])[C@@H](CO)O[N+](=O)[O-]. The second-order valence-electron chi connectivity index (χ2n) is 4.46. The van der Waals surface area contributed by atoms with Crippen LogP contribution in [0.3, 0.4) is 0 Å². The van der Waals surface area contributed by atoms with Crippen LogP contribution in [0.1, 0.15) is 0 Å². The first-order valence-corrected chi connectivity index (χ1v) is 6.76. The Hall–Kier alpha value is -4.84. The fourth-order valence-corrected chi connectivity index (χ4v) is 1.83. The van der Waals surface area contributed by atoms with E-state index in [4.69, 9.17) is 5.11 Å². The summed E-state index contributed by atoms with van der Waals surface area (Å²) in [5.41, 5.74) is 0. The molecule has 0 heterocycles. The number of hydrogen-bond donors (Lipinski definition) is 1. The third-order valence-corrected chi connectivity index (χ3v) is 2.69. The van der Waals surface area contributed by atoms with Gasteiger partial charge in [0.05, 0.1) is 6.61 Å². The molecule has 0 aliphatic carbocycles. The van der Waals surface area contributed by atoms with Crippen molar-refractivity contribution in [1.29, 1.82) is 0 Å². The monoisotopic (exact) mass is 468 g/mol. The minimum atomic E-state index is -3.21. The van der Waals surface area contributed by atoms with Crippen LogP contribution in [0.2, 0.25) is 0 Å². The maximum atomic E-state index is 10.7. The minimum Gasteiger partial charge on any atom is -0.394 e. The Bertz CT molecular complexity index is 681. The Morgan fingerprint density at radius 3 is 1.16 bits per heavy atom. The van der Waals surface area contributed by atoms with E-state index in [1.807, 2.05) is 0 Å². The van der Waals surface area contributed by atoms with E-state index < -0.39 is 67.8 Å². The average Bonchev–Trinajstić information content (AvgIpc) is 2.58. The molecular formula is C6H8N6O19. The van der Waals surface area contributed by atoms with Crippen LogP contribution in [0.25, 0.3) is 0 Å². The molecule has 0 aliphatic rings. The lowest BCUT2D eigenvalue weighted by Crippen LogP contribution is -2.57. The van der Waals surface area contributed by atoms with Gasteiger partial charge in [-0.15, -0.1) is 60.7 Å². The van der Waals surface area contributed by atoms with Crippen molar-refractivity contribution in [1.82, 2.24) is 0 Å². The molecule has 0 amide bonds. The summed E-state index contributed by atoms with van der Waals surface area (Å²) in [5.74, 6) is 0. The van der Waals surface area contributed by atoms with Gasteiger partial charge in [0.15, 0.2) is 24.4 Å². The van der Waals surface area contributed by atoms with Gasteiger partial charge in [-0.3, -0.25) is 9.68 Å². The van der Waals surface area contributed by atoms with E-state index in [-0.39, 0.29) is 0 Å². The highest BCUT2D eigenvalue weighted by atomic mass is 17.1. The molecule has 0 aliphatic heterocycles. The van der Waals surface area contributed by atoms with Gasteiger partial charge >= 0.3 is 0 Å². The Labute approximate surface area is 164 Å². The smallest absolute Gasteiger partial charge is 0.296 e. The summed E-state index contributed by atoms with van der Waals surface area (Å²) in [6.07, 6.45) is -15.0. The third-order valence-electron chi connectivity index (χ3n) is 2.69. The summed E-state index contributed by atoms with van der Waals surface area (Å²) in [4.78, 5) is 86.0. The molecule has 176 valence electrons. The van der Waals surface area contributed by atoms with Crippen LogP contribution in [-0.4, -0.2) is 72.9 Å². The maximum Gasteiger partial charge on any atom is 0.296 e. The van der Waals surface area contributed by atoms with E-state index in [0.29, 0.717) is 0 Å². The van der Waals surface area contributed by atoms with Crippen LogP contribution in [0.4, 0.5) is 0 Å². The lowest BCUT2D eigenvalue weighted by Gasteiger charge is -2.33. The lowest BCUT2D eigenvalue weighted by atomic mass is 10.0. The molecular weight excluding hydrogens is 460 g/mol. The first kappa shape index (κ1) is 26.2. The molecule has 0 aromatic rings. The molecule has 0 spiro atoms. The van der Waals surface area contributed by atoms with Crippen molar-refractivity contribution in [2.24, 2.45) is 0 Å². The van der Waals surface area contributed by atoms with Gasteiger partial charge in [-0.05, 0) is 0 Å². The van der Waals surface area contributed by atoms with E-state index in [1.165, 1.54) is 0 Å². The van der Waals surface area contributed by atoms with Gasteiger partial charge in [-0.2, -0.15) is 0 Å². The molecule has 0 radical (unpaired) electrons. The Morgan fingerprint density at radius 1 is 0.516 bits per heavy atom. The number of nitrogens with zero attached hydrogens (tertiary/aromatic N) is 6. The van der Waals surface area contributed by atoms with Crippen molar-refractivity contribution in [2.45, 2.75) is 30.7 Å². The fourth-order valence-electron chi connectivity index (χ4n) is 1.83. The quantitative estimate of drug-likeness (QED) is 0.126. The highest BCUT2D eigenvalue weighted by Crippen LogP contribution is 2.23. The zero-order chi connectivity index (χ0) is 24.3. The van der Waals surface area contributed by atoms with Crippen molar-refractivity contribution < 1.29 is 64.7 Å². The largest absolute Gasteiger partial charge is 0.394 e. The summed E-state index contributed by atoms with van der Waals surface area (Å²) in [6.45, 7) is -1.61. The number of hydrogen-bond acceptors (Lipinski definition) is 19. The maximum absolute atomic E-state index is 10.7. The second-order valence-corrected chi connectivity index (χ2v) is 4.46. The van der Waals surface area contributed by atoms with E-state index in [9.17, 15) is 60.7 Å². The first-order chi connectivity index (χ1) is 14.3. The Balaban J connectivity index is 6.56. The topological polar surface area (TPSA) is 334 Å². The van der Waals surface area contributed by atoms with Gasteiger partial charge in [-0.25, -0.2) is 0 Å². The summed E-state index contributed by atoms with van der Waals surface area (Å²) >= 11 is 0. The lowest BCUT2D eigenvalue weighted by molar-refractivity contribution is -0.875. The van der Waals surface area contributed by atoms with Crippen LogP contribution in [0.15, 0.2) is 0 Å². The molecule has 0 saturated heterocycles. The van der Waals surface area contributed by atoms with E-state index >= 15 is 0 Å². The minimum absolute atomic E-state index is 1.61. The fraction of sp³-hybridized carbons (Fsp3) is 1.00. The molecule has 0 saturated carbocycles. The first-order valence-electron chi connectivity index (χ1n) is 6.76. The van der Waals surface area contributed by atoms with Gasteiger partial charge in [-0.1, -0.05) is 0 Å². The van der Waals surface area contributed by atoms with Crippen molar-refractivity contribution >= 4 is 0 Å². The van der Waals surface area contributed by atoms with Gasteiger partial charge in [0.25, 0.3) is 36.8 Å². The molecule has 0 bridgehead atoms. The van der Waals surface area contributed by atoms with Crippen LogP contribution in [0.5, 0.6) is 0 Å². The van der Waals surface area contributed by atoms with Crippen LogP contribution in [-0.2, 0) is 29.0 Å². The average molecular weight is 468 g/mol. The van der Waals surface area contributed by atoms with E-state index in [2.05, 4.69) is 29.0 Å². The van der Waals surface area contributed by atoms with E-state index in [1.54, 1.807) is 0 Å². The van der Waals surface area contributed by atoms with Crippen LogP contribution in [0, 0.1) is 60.7 Å². The molecule has 1 N–H and O–H groups in total. The normalized spacial score (nSPS) is 14.1. The highest BCUT2D eigenvalue weighted by Gasteiger charge is 2.49. The van der Waals surface area contributed by atoms with Crippen molar-refractivity contribution in [3.8, 4) is 0 Å². The molecule has 0 aromatic carbocycles. The third kappa shape index (κ3) is 9.77. The van der Waals surface area contributed by atoms with E-state index in [0.717, 1.165) is 0 Å². The second kappa shape index (κ2) is 11.9. The standard InChI is InChI=1S/C6H8N6O19/c13-1-2(26-7(14)15)3(27-8(16)17)4(28-9(18)19)5(29-10(20)21)6(30-11(22)23)31-12(24)25/h2-6,13H,1H2/t2-,3-,4+,5+/m1/s1. The summed E-state index contributed by atoms with van der Waals surface area (Å²) in [6, 6.07) is 0. The van der Waals surface area contributed by atoms with Crippen LogP contribution < -0.4 is 0 Å². The summed E-state index contributed by atoms with van der Waals surface area (Å²) in [5, 5.41) is 61.8. The number of rotatable bonds is 17. The van der Waals surface area contributed by atoms with Crippen molar-refractivity contribution in [2.75, 3.05) is 6.61 Å². The zero-order valence-electron chi connectivity index (χ0n) is 14.1. The predicted molar refractivity (Wildman–Crippen MR) is 74.5 cm³/mol. The molecule has 25 heteroatoms. The van der Waals surface area contributed by atoms with Gasteiger partial charge in [0.1, 0.15) is 0 Å². The zero-order valence-corrected chi connectivity index (χ0v) is 14.1. The number of aliphatic hydroxyl groups excluding tert-OH is 1. The molecule has 0 unspecified atom stereocenters. The molecule has 0 rings (SSSR count). The molecule has 31 heavy (non-hydrogen) atoms. The van der Waals surface area contributed by atoms with Gasteiger partial charge < -0.3 is 24.5 Å². The predicted octanol–water partition coefficient (Wildman–Crippen LogP) is -2.97. The number of aliphatic hydroxyl groups is 1. The highest BCUT2D eigenvalue weighted by molar-refractivity contribution is 4.85. The van der Waals surface area contributed by atoms with Crippen LogP contribution >= 0.6 is 0 Å². The molecule has 25 nitrogen and oxygen atoms in total. The summed E-state index contributed by atoms with van der Waals surface area (Å²) < 4.78 is 0. The molecule has 0 aromatic heterocycles. The molecule has 4 atom stereocenters. The van der Waals surface area contributed by atoms with Crippen molar-refractivity contribution in [3.63, 3.8) is 0 Å². The Kier molecular flexibility index (Phi) is 10.0. The Morgan fingerprint density at radius 2 is 0.839 bits per heavy atom. The summed E-state index contributed by atoms with van der Waals surface area (Å²) in [7, 11) is 0.